The molecule has 9 nitrogen and oxygen atoms in total. The monoisotopic (exact) mass is 326 g/mol. The number of esters is 1. The van der Waals surface area contributed by atoms with Gasteiger partial charge in [0.15, 0.2) is 17.6 Å². The molecular weight excluding hydrogens is 312 g/mol. The Morgan fingerprint density at radius 1 is 1.29 bits per heavy atom. The van der Waals surface area contributed by atoms with Gasteiger partial charge in [-0.15, -0.1) is 10.2 Å². The molecule has 0 fully saturated rings. The van der Waals surface area contributed by atoms with E-state index in [-0.39, 0.29) is 5.69 Å². The van der Waals surface area contributed by atoms with Crippen LogP contribution in [0.3, 0.4) is 0 Å². The van der Waals surface area contributed by atoms with E-state index in [2.05, 4.69) is 30.2 Å². The standard InChI is InChI=1S/C15H14N6O3/c1-24-15(23)13-10(3-2-6-17-13)18-14(22)11-4-5-12(20-19-11)21-8-7-16-9-21/h2-10,13H,1H3,(H,18,22). The number of nitrogens with one attached hydrogen (secondary N) is 1. The van der Waals surface area contributed by atoms with Gasteiger partial charge in [0, 0.05) is 18.6 Å². The summed E-state index contributed by atoms with van der Waals surface area (Å²) >= 11 is 0. The second-order valence-electron chi connectivity index (χ2n) is 4.90. The van der Waals surface area contributed by atoms with Crippen molar-refractivity contribution in [3.63, 3.8) is 0 Å². The van der Waals surface area contributed by atoms with Gasteiger partial charge in [-0.05, 0) is 18.2 Å². The molecule has 0 aliphatic carbocycles. The van der Waals surface area contributed by atoms with Crippen molar-refractivity contribution in [1.29, 1.82) is 0 Å². The number of hydrogen-bond donors (Lipinski definition) is 1. The molecule has 2 atom stereocenters. The fourth-order valence-electron chi connectivity index (χ4n) is 2.17. The maximum absolute atomic E-state index is 12.3. The Morgan fingerprint density at radius 3 is 2.83 bits per heavy atom. The van der Waals surface area contributed by atoms with E-state index in [1.807, 2.05) is 0 Å². The molecule has 0 spiro atoms. The summed E-state index contributed by atoms with van der Waals surface area (Å²) in [6.45, 7) is 0. The van der Waals surface area contributed by atoms with Crippen LogP contribution in [0.4, 0.5) is 0 Å². The first-order chi connectivity index (χ1) is 11.7. The summed E-state index contributed by atoms with van der Waals surface area (Å²) in [5.41, 5.74) is 0.130. The molecule has 3 heterocycles. The topological polar surface area (TPSA) is 111 Å². The van der Waals surface area contributed by atoms with Gasteiger partial charge >= 0.3 is 5.97 Å². The number of carbonyl (C=O) groups excluding carboxylic acids is 2. The molecule has 2 unspecified atom stereocenters. The molecule has 2 aromatic heterocycles. The van der Waals surface area contributed by atoms with Crippen molar-refractivity contribution in [3.8, 4) is 5.82 Å². The predicted octanol–water partition coefficient (Wildman–Crippen LogP) is -0.0571. The summed E-state index contributed by atoms with van der Waals surface area (Å²) in [6.07, 6.45) is 9.72. The largest absolute Gasteiger partial charge is 0.467 e. The smallest absolute Gasteiger partial charge is 0.333 e. The number of methoxy groups -OCH3 is 1. The van der Waals surface area contributed by atoms with Gasteiger partial charge in [-0.2, -0.15) is 0 Å². The average Bonchev–Trinajstić information content (AvgIpc) is 3.16. The van der Waals surface area contributed by atoms with Crippen LogP contribution in [0.5, 0.6) is 0 Å². The Morgan fingerprint density at radius 2 is 2.17 bits per heavy atom. The molecule has 24 heavy (non-hydrogen) atoms. The zero-order valence-corrected chi connectivity index (χ0v) is 12.7. The Labute approximate surface area is 137 Å². The number of aliphatic imine (C=N–C) groups is 1. The molecular formula is C15H14N6O3. The lowest BCUT2D eigenvalue weighted by Crippen LogP contribution is -2.46. The van der Waals surface area contributed by atoms with Crippen LogP contribution in [0.2, 0.25) is 0 Å². The summed E-state index contributed by atoms with van der Waals surface area (Å²) in [7, 11) is 1.27. The summed E-state index contributed by atoms with van der Waals surface area (Å²) in [4.78, 5) is 32.0. The van der Waals surface area contributed by atoms with Gasteiger partial charge in [0.05, 0.1) is 13.2 Å². The zero-order valence-electron chi connectivity index (χ0n) is 12.7. The summed E-state index contributed by atoms with van der Waals surface area (Å²) in [5.74, 6) is -0.443. The normalized spacial score (nSPS) is 19.0. The summed E-state index contributed by atoms with van der Waals surface area (Å²) in [5, 5.41) is 10.6. The number of nitrogens with zero attached hydrogens (tertiary/aromatic N) is 5. The van der Waals surface area contributed by atoms with Gasteiger partial charge in [0.1, 0.15) is 6.33 Å². The molecule has 1 amide bonds. The van der Waals surface area contributed by atoms with Crippen LogP contribution in [0.25, 0.3) is 5.82 Å². The average molecular weight is 326 g/mol. The van der Waals surface area contributed by atoms with E-state index in [0.29, 0.717) is 5.82 Å². The second-order valence-corrected chi connectivity index (χ2v) is 4.90. The van der Waals surface area contributed by atoms with Crippen LogP contribution in [0.1, 0.15) is 10.5 Å². The SMILES string of the molecule is COC(=O)C1N=CC=CC1NC(=O)c1ccc(-n2ccnc2)nn1. The van der Waals surface area contributed by atoms with Gasteiger partial charge < -0.3 is 10.1 Å². The Bertz CT molecular complexity index is 782. The lowest BCUT2D eigenvalue weighted by atomic mass is 10.1. The fourth-order valence-corrected chi connectivity index (χ4v) is 2.17. The third-order valence-corrected chi connectivity index (χ3v) is 3.38. The summed E-state index contributed by atoms with van der Waals surface area (Å²) in [6, 6.07) is 1.77. The lowest BCUT2D eigenvalue weighted by Gasteiger charge is -2.22. The highest BCUT2D eigenvalue weighted by Crippen LogP contribution is 2.09. The van der Waals surface area contributed by atoms with Crippen LogP contribution in [0, 0.1) is 0 Å². The van der Waals surface area contributed by atoms with Crippen LogP contribution >= 0.6 is 0 Å². The first kappa shape index (κ1) is 15.5. The molecule has 3 rings (SSSR count). The minimum absolute atomic E-state index is 0.130. The zero-order chi connectivity index (χ0) is 16.9. The molecule has 1 N–H and O–H groups in total. The molecule has 1 aliphatic rings. The van der Waals surface area contributed by atoms with Crippen molar-refractivity contribution in [2.45, 2.75) is 12.1 Å². The van der Waals surface area contributed by atoms with Gasteiger partial charge in [-0.3, -0.25) is 14.4 Å². The number of aromatic nitrogens is 4. The first-order valence-electron chi connectivity index (χ1n) is 7.10. The number of allylic oxidation sites excluding steroid dienone is 1. The number of rotatable bonds is 4. The molecule has 9 heteroatoms. The van der Waals surface area contributed by atoms with E-state index in [9.17, 15) is 9.59 Å². The Kier molecular flexibility index (Phi) is 4.41. The van der Waals surface area contributed by atoms with Crippen LogP contribution in [0.15, 0.2) is 48.0 Å². The highest BCUT2D eigenvalue weighted by atomic mass is 16.5. The summed E-state index contributed by atoms with van der Waals surface area (Å²) < 4.78 is 6.36. The lowest BCUT2D eigenvalue weighted by molar-refractivity contribution is -0.142. The molecule has 0 aromatic carbocycles. The number of dihydropyridines is 1. The Balaban J connectivity index is 1.71. The van der Waals surface area contributed by atoms with Gasteiger partial charge in [-0.25, -0.2) is 9.78 Å². The predicted molar refractivity (Wildman–Crippen MR) is 83.8 cm³/mol. The van der Waals surface area contributed by atoms with E-state index >= 15 is 0 Å². The highest BCUT2D eigenvalue weighted by Gasteiger charge is 2.29. The fraction of sp³-hybridized carbons (Fsp3) is 0.200. The quantitative estimate of drug-likeness (QED) is 0.788. The number of amides is 1. The van der Waals surface area contributed by atoms with Crippen LogP contribution < -0.4 is 5.32 Å². The highest BCUT2D eigenvalue weighted by molar-refractivity contribution is 5.93. The minimum Gasteiger partial charge on any atom is -0.467 e. The van der Waals surface area contributed by atoms with Gasteiger partial charge in [-0.1, -0.05) is 6.08 Å². The molecule has 122 valence electrons. The molecule has 2 aromatic rings. The van der Waals surface area contributed by atoms with E-state index in [4.69, 9.17) is 0 Å². The Hall–Kier alpha value is -3.36. The maximum atomic E-state index is 12.3. The van der Waals surface area contributed by atoms with E-state index in [1.54, 1.807) is 47.6 Å². The second kappa shape index (κ2) is 6.82. The first-order valence-corrected chi connectivity index (χ1v) is 7.10. The van der Waals surface area contributed by atoms with Crippen LogP contribution in [-0.2, 0) is 9.53 Å². The van der Waals surface area contributed by atoms with Crippen molar-refractivity contribution < 1.29 is 14.3 Å². The minimum atomic E-state index is -0.817. The molecule has 0 saturated carbocycles. The number of imidazole rings is 1. The molecule has 0 bridgehead atoms. The third kappa shape index (κ3) is 3.19. The van der Waals surface area contributed by atoms with Gasteiger partial charge in [0.25, 0.3) is 5.91 Å². The van der Waals surface area contributed by atoms with Crippen LogP contribution in [-0.4, -0.2) is 57.0 Å². The van der Waals surface area contributed by atoms with Crippen molar-refractivity contribution in [1.82, 2.24) is 25.1 Å². The molecule has 0 radical (unpaired) electrons. The van der Waals surface area contributed by atoms with Crippen molar-refractivity contribution >= 4 is 18.1 Å². The third-order valence-electron chi connectivity index (χ3n) is 3.38. The maximum Gasteiger partial charge on any atom is 0.333 e. The molecule has 0 saturated heterocycles. The van der Waals surface area contributed by atoms with E-state index in [0.717, 1.165) is 0 Å². The number of ether oxygens (including phenoxy) is 1. The number of carbonyl (C=O) groups is 2. The van der Waals surface area contributed by atoms with E-state index < -0.39 is 24.0 Å². The van der Waals surface area contributed by atoms with E-state index in [1.165, 1.54) is 13.3 Å². The van der Waals surface area contributed by atoms with Crippen molar-refractivity contribution in [3.05, 3.63) is 48.7 Å². The van der Waals surface area contributed by atoms with Crippen molar-refractivity contribution in [2.24, 2.45) is 4.99 Å². The van der Waals surface area contributed by atoms with Crippen molar-refractivity contribution in [2.75, 3.05) is 7.11 Å². The van der Waals surface area contributed by atoms with Gasteiger partial charge in [0.2, 0.25) is 0 Å². The number of hydrogen-bond acceptors (Lipinski definition) is 7. The molecule has 1 aliphatic heterocycles.